The summed E-state index contributed by atoms with van der Waals surface area (Å²) >= 11 is 5.62. The van der Waals surface area contributed by atoms with Crippen LogP contribution in [0.4, 0.5) is 17.6 Å². The Kier molecular flexibility index (Phi) is 4.90. The van der Waals surface area contributed by atoms with E-state index < -0.39 is 18.3 Å². The van der Waals surface area contributed by atoms with Crippen molar-refractivity contribution in [1.29, 1.82) is 0 Å². The molecule has 0 radical (unpaired) electrons. The fraction of sp³-hybridized carbons (Fsp3) is 0.550. The van der Waals surface area contributed by atoms with Crippen molar-refractivity contribution in [2.75, 3.05) is 6.61 Å². The van der Waals surface area contributed by atoms with Gasteiger partial charge in [0.05, 0.1) is 22.9 Å². The molecular formula is C20H19ClF4N4O3. The van der Waals surface area contributed by atoms with Gasteiger partial charge in [0.25, 0.3) is 5.91 Å². The molecule has 1 amide bonds. The molecule has 0 saturated heterocycles. The number of carbonyl (C=O) groups is 1. The number of nitrogens with zero attached hydrogens (tertiary/aromatic N) is 3. The van der Waals surface area contributed by atoms with Gasteiger partial charge in [0.15, 0.2) is 6.61 Å². The molecule has 1 aromatic heterocycles. The number of hydrogen-bond donors (Lipinski definition) is 1. The van der Waals surface area contributed by atoms with Gasteiger partial charge >= 0.3 is 6.36 Å². The Labute approximate surface area is 185 Å². The van der Waals surface area contributed by atoms with E-state index in [9.17, 15) is 22.4 Å². The Morgan fingerprint density at radius 2 is 2.00 bits per heavy atom. The summed E-state index contributed by atoms with van der Waals surface area (Å²) in [6.45, 7) is -0.241. The van der Waals surface area contributed by atoms with Crippen LogP contribution in [-0.4, -0.2) is 45.5 Å². The molecule has 7 nitrogen and oxygen atoms in total. The minimum atomic E-state index is -4.62. The molecule has 0 atom stereocenters. The highest BCUT2D eigenvalue weighted by atomic mass is 35.5. The lowest BCUT2D eigenvalue weighted by atomic mass is 9.38. The highest BCUT2D eigenvalue weighted by Crippen LogP contribution is 2.67. The summed E-state index contributed by atoms with van der Waals surface area (Å²) in [6.07, 6.45) is -1.05. The predicted octanol–water partition coefficient (Wildman–Crippen LogP) is 3.68. The zero-order chi connectivity index (χ0) is 22.7. The van der Waals surface area contributed by atoms with Crippen molar-refractivity contribution in [3.63, 3.8) is 0 Å². The van der Waals surface area contributed by atoms with E-state index in [1.165, 1.54) is 12.1 Å². The minimum absolute atomic E-state index is 0.0235. The SMILES string of the molecule is O=C(COc1ccc(Cl)c(F)c1)NC12CC(c3cn([C@H]4C[C@@H](OC(F)(F)F)C4)nn3)(C1)C2. The number of nitrogens with one attached hydrogen (secondary N) is 1. The number of alkyl halides is 3. The number of rotatable bonds is 7. The van der Waals surface area contributed by atoms with Crippen LogP contribution in [0.25, 0.3) is 0 Å². The number of aromatic nitrogens is 3. The normalized spacial score (nSPS) is 30.7. The molecule has 1 aromatic carbocycles. The topological polar surface area (TPSA) is 78.3 Å². The van der Waals surface area contributed by atoms with Gasteiger partial charge in [0, 0.05) is 23.2 Å². The third kappa shape index (κ3) is 3.92. The van der Waals surface area contributed by atoms with Crippen molar-refractivity contribution in [3.8, 4) is 5.75 Å². The van der Waals surface area contributed by atoms with Gasteiger partial charge in [0.2, 0.25) is 0 Å². The highest BCUT2D eigenvalue weighted by molar-refractivity contribution is 6.30. The first-order valence-electron chi connectivity index (χ1n) is 10.1. The van der Waals surface area contributed by atoms with Gasteiger partial charge in [-0.05, 0) is 44.2 Å². The van der Waals surface area contributed by atoms with E-state index in [0.29, 0.717) is 19.3 Å². The van der Waals surface area contributed by atoms with Crippen LogP contribution in [0.15, 0.2) is 24.4 Å². The van der Waals surface area contributed by atoms with E-state index >= 15 is 0 Å². The van der Waals surface area contributed by atoms with Crippen LogP contribution < -0.4 is 10.1 Å². The maximum absolute atomic E-state index is 13.4. The molecule has 2 aromatic rings. The van der Waals surface area contributed by atoms with Gasteiger partial charge in [-0.1, -0.05) is 16.8 Å². The van der Waals surface area contributed by atoms with Gasteiger partial charge < -0.3 is 10.1 Å². The average Bonchev–Trinajstić information content (AvgIpc) is 3.09. The average molecular weight is 475 g/mol. The molecule has 0 unspecified atom stereocenters. The largest absolute Gasteiger partial charge is 0.522 e. The maximum atomic E-state index is 13.4. The van der Waals surface area contributed by atoms with Crippen molar-refractivity contribution in [1.82, 2.24) is 20.3 Å². The second-order valence-electron chi connectivity index (χ2n) is 8.90. The first-order chi connectivity index (χ1) is 15.0. The van der Waals surface area contributed by atoms with Crippen molar-refractivity contribution < 1.29 is 31.8 Å². The van der Waals surface area contributed by atoms with E-state index in [2.05, 4.69) is 20.4 Å². The van der Waals surface area contributed by atoms with Gasteiger partial charge in [-0.15, -0.1) is 18.3 Å². The fourth-order valence-corrected chi connectivity index (χ4v) is 5.09. The van der Waals surface area contributed by atoms with Gasteiger partial charge in [-0.3, -0.25) is 9.53 Å². The maximum Gasteiger partial charge on any atom is 0.522 e. The molecule has 0 aliphatic heterocycles. The van der Waals surface area contributed by atoms with Crippen molar-refractivity contribution in [3.05, 3.63) is 40.9 Å². The second-order valence-corrected chi connectivity index (χ2v) is 9.31. The standard InChI is InChI=1S/C20H19ClF4N4O3/c21-14-2-1-12(5-15(14)22)31-7-17(30)26-19-8-18(9-19,10-19)16-6-29(28-27-16)11-3-13(4-11)32-20(23,24)25/h1-2,5-6,11,13H,3-4,7-10H2,(H,26,30)/t11-,13+,18?,19?. The molecule has 1 N–H and O–H groups in total. The molecular weight excluding hydrogens is 456 g/mol. The lowest BCUT2D eigenvalue weighted by Crippen LogP contribution is -2.77. The number of ether oxygens (including phenoxy) is 2. The molecule has 4 saturated carbocycles. The van der Waals surface area contributed by atoms with E-state index in [1.807, 2.05) is 0 Å². The number of carbonyl (C=O) groups excluding carboxylic acids is 1. The molecule has 4 fully saturated rings. The number of benzene rings is 1. The fourth-order valence-electron chi connectivity index (χ4n) is 4.98. The van der Waals surface area contributed by atoms with Gasteiger partial charge in [-0.25, -0.2) is 9.07 Å². The molecule has 1 heterocycles. The molecule has 0 spiro atoms. The molecule has 4 aliphatic rings. The molecule has 2 bridgehead atoms. The minimum Gasteiger partial charge on any atom is -0.484 e. The molecule has 6 rings (SSSR count). The van der Waals surface area contributed by atoms with Crippen LogP contribution in [0.1, 0.15) is 43.8 Å². The van der Waals surface area contributed by atoms with Gasteiger partial charge in [0.1, 0.15) is 11.6 Å². The van der Waals surface area contributed by atoms with Crippen LogP contribution in [0.3, 0.4) is 0 Å². The Balaban J connectivity index is 1.08. The zero-order valence-electron chi connectivity index (χ0n) is 16.7. The smallest absolute Gasteiger partial charge is 0.484 e. The summed E-state index contributed by atoms with van der Waals surface area (Å²) in [5, 5.41) is 11.2. The van der Waals surface area contributed by atoms with Crippen LogP contribution in [0, 0.1) is 5.82 Å². The number of hydrogen-bond acceptors (Lipinski definition) is 5. The van der Waals surface area contributed by atoms with Crippen LogP contribution in [0.2, 0.25) is 5.02 Å². The quantitative estimate of drug-likeness (QED) is 0.619. The Hall–Kier alpha value is -2.40. The monoisotopic (exact) mass is 474 g/mol. The Morgan fingerprint density at radius 1 is 1.28 bits per heavy atom. The number of amides is 1. The summed E-state index contributed by atoms with van der Waals surface area (Å²) in [5.41, 5.74) is 0.330. The lowest BCUT2D eigenvalue weighted by molar-refractivity contribution is -0.353. The lowest BCUT2D eigenvalue weighted by Gasteiger charge is -2.69. The third-order valence-corrected chi connectivity index (χ3v) is 6.80. The zero-order valence-corrected chi connectivity index (χ0v) is 17.4. The van der Waals surface area contributed by atoms with Gasteiger partial charge in [-0.2, -0.15) is 0 Å². The summed E-state index contributed by atoms with van der Waals surface area (Å²) < 4.78 is 61.1. The summed E-state index contributed by atoms with van der Waals surface area (Å²) in [5.74, 6) is -0.710. The molecule has 172 valence electrons. The first kappa shape index (κ1) is 21.4. The molecule has 32 heavy (non-hydrogen) atoms. The van der Waals surface area contributed by atoms with E-state index in [-0.39, 0.29) is 53.1 Å². The second kappa shape index (κ2) is 7.31. The summed E-state index contributed by atoms with van der Waals surface area (Å²) in [4.78, 5) is 12.2. The summed E-state index contributed by atoms with van der Waals surface area (Å²) in [6, 6.07) is 3.81. The molecule has 12 heteroatoms. The van der Waals surface area contributed by atoms with E-state index in [0.717, 1.165) is 11.8 Å². The van der Waals surface area contributed by atoms with Crippen LogP contribution in [-0.2, 0) is 14.9 Å². The highest BCUT2D eigenvalue weighted by Gasteiger charge is 2.70. The van der Waals surface area contributed by atoms with Crippen molar-refractivity contribution >= 4 is 17.5 Å². The summed E-state index contributed by atoms with van der Waals surface area (Å²) in [7, 11) is 0. The van der Waals surface area contributed by atoms with Crippen LogP contribution in [0.5, 0.6) is 5.75 Å². The van der Waals surface area contributed by atoms with Crippen LogP contribution >= 0.6 is 11.6 Å². The third-order valence-electron chi connectivity index (χ3n) is 6.49. The predicted molar refractivity (Wildman–Crippen MR) is 103 cm³/mol. The van der Waals surface area contributed by atoms with Crippen molar-refractivity contribution in [2.45, 2.75) is 61.6 Å². The Bertz CT molecular complexity index is 1030. The van der Waals surface area contributed by atoms with E-state index in [1.54, 1.807) is 10.9 Å². The van der Waals surface area contributed by atoms with Crippen molar-refractivity contribution in [2.24, 2.45) is 0 Å². The molecule has 4 aliphatic carbocycles. The first-order valence-corrected chi connectivity index (χ1v) is 10.5. The van der Waals surface area contributed by atoms with E-state index in [4.69, 9.17) is 16.3 Å². The number of halogens is 5. The Morgan fingerprint density at radius 3 is 2.66 bits per heavy atom.